The summed E-state index contributed by atoms with van der Waals surface area (Å²) in [4.78, 5) is 12.5. The van der Waals surface area contributed by atoms with Gasteiger partial charge in [0, 0.05) is 12.1 Å². The Morgan fingerprint density at radius 1 is 1.08 bits per heavy atom. The Bertz CT molecular complexity index is 1020. The molecule has 3 aromatic heterocycles. The lowest BCUT2D eigenvalue weighted by atomic mass is 10.2. The average Bonchev–Trinajstić information content (AvgIpc) is 3.31. The lowest BCUT2D eigenvalue weighted by Crippen LogP contribution is -1.94. The van der Waals surface area contributed by atoms with Gasteiger partial charge in [-0.3, -0.25) is 0 Å². The van der Waals surface area contributed by atoms with Crippen LogP contribution in [0.2, 0.25) is 0 Å². The van der Waals surface area contributed by atoms with Crippen LogP contribution in [-0.2, 0) is 6.42 Å². The molecule has 0 radical (unpaired) electrons. The molecular formula is C21H21N5. The van der Waals surface area contributed by atoms with Crippen molar-refractivity contribution in [1.29, 1.82) is 0 Å². The molecule has 26 heavy (non-hydrogen) atoms. The van der Waals surface area contributed by atoms with Gasteiger partial charge in [-0.1, -0.05) is 42.5 Å². The Balaban J connectivity index is 1.41. The molecule has 130 valence electrons. The summed E-state index contributed by atoms with van der Waals surface area (Å²) in [7, 11) is 0. The predicted molar refractivity (Wildman–Crippen MR) is 104 cm³/mol. The van der Waals surface area contributed by atoms with E-state index in [0.717, 1.165) is 52.7 Å². The van der Waals surface area contributed by atoms with Crippen LogP contribution in [-0.4, -0.2) is 24.6 Å². The lowest BCUT2D eigenvalue weighted by Gasteiger charge is -1.98. The Labute approximate surface area is 152 Å². The molecular weight excluding hydrogens is 322 g/mol. The maximum Gasteiger partial charge on any atom is 0.174 e. The SMILES string of the molecule is Cc1ccc(C)n2nc(/C=C/CCc3ncc(-c4ccccc4)[nH]3)nc12. The number of H-pyrrole nitrogens is 1. The molecule has 0 atom stereocenters. The van der Waals surface area contributed by atoms with Crippen LogP contribution < -0.4 is 0 Å². The quantitative estimate of drug-likeness (QED) is 0.585. The first-order chi connectivity index (χ1) is 12.7. The summed E-state index contributed by atoms with van der Waals surface area (Å²) >= 11 is 0. The summed E-state index contributed by atoms with van der Waals surface area (Å²) in [6.07, 6.45) is 7.71. The van der Waals surface area contributed by atoms with Gasteiger partial charge in [0.05, 0.1) is 11.9 Å². The highest BCUT2D eigenvalue weighted by Crippen LogP contribution is 2.17. The van der Waals surface area contributed by atoms with Crippen molar-refractivity contribution in [3.8, 4) is 11.3 Å². The van der Waals surface area contributed by atoms with E-state index in [1.807, 2.05) is 41.9 Å². The van der Waals surface area contributed by atoms with Gasteiger partial charge in [0.2, 0.25) is 0 Å². The molecule has 1 aromatic carbocycles. The maximum atomic E-state index is 4.60. The van der Waals surface area contributed by atoms with Crippen molar-refractivity contribution < 1.29 is 0 Å². The summed E-state index contributed by atoms with van der Waals surface area (Å²) < 4.78 is 1.90. The van der Waals surface area contributed by atoms with Gasteiger partial charge in [0.1, 0.15) is 5.82 Å². The molecule has 5 nitrogen and oxygen atoms in total. The normalized spacial score (nSPS) is 11.6. The van der Waals surface area contributed by atoms with E-state index in [1.165, 1.54) is 0 Å². The highest BCUT2D eigenvalue weighted by atomic mass is 15.3. The third-order valence-electron chi connectivity index (χ3n) is 4.41. The zero-order chi connectivity index (χ0) is 17.9. The number of aromatic amines is 1. The molecule has 0 saturated heterocycles. The molecule has 0 aliphatic rings. The molecule has 5 heteroatoms. The zero-order valence-corrected chi connectivity index (χ0v) is 15.0. The Kier molecular flexibility index (Phi) is 4.35. The molecule has 0 saturated carbocycles. The van der Waals surface area contributed by atoms with Gasteiger partial charge in [-0.25, -0.2) is 14.5 Å². The van der Waals surface area contributed by atoms with Crippen LogP contribution >= 0.6 is 0 Å². The van der Waals surface area contributed by atoms with E-state index >= 15 is 0 Å². The van der Waals surface area contributed by atoms with E-state index in [-0.39, 0.29) is 0 Å². The molecule has 0 spiro atoms. The number of allylic oxidation sites excluding steroid dienone is 1. The maximum absolute atomic E-state index is 4.60. The van der Waals surface area contributed by atoms with Crippen LogP contribution in [0.25, 0.3) is 23.0 Å². The van der Waals surface area contributed by atoms with Crippen molar-refractivity contribution in [2.24, 2.45) is 0 Å². The lowest BCUT2D eigenvalue weighted by molar-refractivity contribution is 0.900. The van der Waals surface area contributed by atoms with Gasteiger partial charge in [-0.05, 0) is 43.5 Å². The second-order valence-corrected chi connectivity index (χ2v) is 6.41. The fourth-order valence-electron chi connectivity index (χ4n) is 2.95. The van der Waals surface area contributed by atoms with E-state index < -0.39 is 0 Å². The second kappa shape index (κ2) is 6.96. The van der Waals surface area contributed by atoms with Crippen LogP contribution in [0.15, 0.2) is 54.7 Å². The minimum Gasteiger partial charge on any atom is -0.342 e. The van der Waals surface area contributed by atoms with Crippen molar-refractivity contribution >= 4 is 11.7 Å². The third-order valence-corrected chi connectivity index (χ3v) is 4.41. The van der Waals surface area contributed by atoms with Crippen LogP contribution in [0, 0.1) is 13.8 Å². The summed E-state index contributed by atoms with van der Waals surface area (Å²) in [6, 6.07) is 14.4. The Morgan fingerprint density at radius 3 is 2.73 bits per heavy atom. The highest BCUT2D eigenvalue weighted by molar-refractivity contribution is 5.58. The zero-order valence-electron chi connectivity index (χ0n) is 15.0. The van der Waals surface area contributed by atoms with Gasteiger partial charge in [0.25, 0.3) is 0 Å². The van der Waals surface area contributed by atoms with Gasteiger partial charge < -0.3 is 4.98 Å². The molecule has 0 bridgehead atoms. The number of benzene rings is 1. The van der Waals surface area contributed by atoms with Gasteiger partial charge in [-0.15, -0.1) is 5.10 Å². The van der Waals surface area contributed by atoms with E-state index in [2.05, 4.69) is 57.3 Å². The van der Waals surface area contributed by atoms with E-state index in [9.17, 15) is 0 Å². The van der Waals surface area contributed by atoms with Crippen molar-refractivity contribution in [3.63, 3.8) is 0 Å². The number of nitrogens with one attached hydrogen (secondary N) is 1. The molecule has 0 fully saturated rings. The second-order valence-electron chi connectivity index (χ2n) is 6.41. The number of aromatic nitrogens is 5. The van der Waals surface area contributed by atoms with Gasteiger partial charge in [0.15, 0.2) is 11.5 Å². The minimum atomic E-state index is 0.742. The first kappa shape index (κ1) is 16.3. The minimum absolute atomic E-state index is 0.742. The Hall–Kier alpha value is -3.21. The monoisotopic (exact) mass is 343 g/mol. The number of fused-ring (bicyclic) bond motifs is 1. The summed E-state index contributed by atoms with van der Waals surface area (Å²) in [5.74, 6) is 1.73. The molecule has 0 aliphatic heterocycles. The van der Waals surface area contributed by atoms with E-state index in [1.54, 1.807) is 0 Å². The van der Waals surface area contributed by atoms with Gasteiger partial charge in [-0.2, -0.15) is 0 Å². The van der Waals surface area contributed by atoms with Crippen molar-refractivity contribution in [3.05, 3.63) is 77.6 Å². The fraction of sp³-hybridized carbons (Fsp3) is 0.190. The number of pyridine rings is 1. The standard InChI is InChI=1S/C21H21N5/c1-15-12-13-16(2)26-21(15)24-20(25-26)11-7-6-10-19-22-14-18(23-19)17-8-4-3-5-9-17/h3-5,7-9,11-14H,6,10H2,1-2H3,(H,22,23)/b11-7+. The molecule has 0 unspecified atom stereocenters. The highest BCUT2D eigenvalue weighted by Gasteiger charge is 2.06. The number of nitrogens with zero attached hydrogens (tertiary/aromatic N) is 4. The van der Waals surface area contributed by atoms with Crippen LogP contribution in [0.4, 0.5) is 0 Å². The van der Waals surface area contributed by atoms with Crippen molar-refractivity contribution in [2.45, 2.75) is 26.7 Å². The molecule has 0 amide bonds. The number of hydrogen-bond donors (Lipinski definition) is 1. The first-order valence-corrected chi connectivity index (χ1v) is 8.79. The molecule has 1 N–H and O–H groups in total. The van der Waals surface area contributed by atoms with Crippen molar-refractivity contribution in [1.82, 2.24) is 24.6 Å². The predicted octanol–water partition coefficient (Wildman–Crippen LogP) is 4.38. The Morgan fingerprint density at radius 2 is 1.92 bits per heavy atom. The summed E-state index contributed by atoms with van der Waals surface area (Å²) in [6.45, 7) is 4.09. The molecule has 0 aliphatic carbocycles. The smallest absolute Gasteiger partial charge is 0.174 e. The average molecular weight is 343 g/mol. The molecule has 4 rings (SSSR count). The number of aryl methyl sites for hydroxylation is 3. The topological polar surface area (TPSA) is 58.9 Å². The number of hydrogen-bond acceptors (Lipinski definition) is 3. The summed E-state index contributed by atoms with van der Waals surface area (Å²) in [5, 5.41) is 4.56. The van der Waals surface area contributed by atoms with E-state index in [0.29, 0.717) is 0 Å². The van der Waals surface area contributed by atoms with Crippen LogP contribution in [0.5, 0.6) is 0 Å². The van der Waals surface area contributed by atoms with E-state index in [4.69, 9.17) is 0 Å². The molecule has 4 aromatic rings. The largest absolute Gasteiger partial charge is 0.342 e. The number of rotatable bonds is 5. The van der Waals surface area contributed by atoms with Crippen LogP contribution in [0.3, 0.4) is 0 Å². The summed E-state index contributed by atoms with van der Waals surface area (Å²) in [5.41, 5.74) is 5.34. The first-order valence-electron chi connectivity index (χ1n) is 8.79. The van der Waals surface area contributed by atoms with Crippen molar-refractivity contribution in [2.75, 3.05) is 0 Å². The third kappa shape index (κ3) is 3.28. The number of imidazole rings is 1. The van der Waals surface area contributed by atoms with Crippen LogP contribution in [0.1, 0.15) is 29.3 Å². The molecule has 3 heterocycles. The fourth-order valence-corrected chi connectivity index (χ4v) is 2.95. The van der Waals surface area contributed by atoms with Gasteiger partial charge >= 0.3 is 0 Å².